The normalized spacial score (nSPS) is 21.2. The van der Waals surface area contributed by atoms with Gasteiger partial charge in [-0.3, -0.25) is 4.79 Å². The van der Waals surface area contributed by atoms with Gasteiger partial charge in [0.25, 0.3) is 5.56 Å². The lowest BCUT2D eigenvalue weighted by atomic mass is 10.1. The molecule has 0 radical (unpaired) electrons. The molecule has 1 heterocycles. The fourth-order valence-electron chi connectivity index (χ4n) is 2.21. The van der Waals surface area contributed by atoms with E-state index < -0.39 is 0 Å². The summed E-state index contributed by atoms with van der Waals surface area (Å²) >= 11 is 0. The molecule has 0 saturated heterocycles. The Balaban J connectivity index is 1.66. The highest BCUT2D eigenvalue weighted by Gasteiger charge is 2.28. The lowest BCUT2D eigenvalue weighted by Crippen LogP contribution is -2.17. The Hall–Kier alpha value is -1.32. The van der Waals surface area contributed by atoms with Crippen molar-refractivity contribution in [2.45, 2.75) is 38.5 Å². The molecule has 2 aliphatic rings. The van der Waals surface area contributed by atoms with Gasteiger partial charge in [-0.05, 0) is 37.5 Å². The van der Waals surface area contributed by atoms with Gasteiger partial charge in [0.05, 0.1) is 0 Å². The van der Waals surface area contributed by atoms with E-state index >= 15 is 0 Å². The van der Waals surface area contributed by atoms with Crippen LogP contribution in [0.3, 0.4) is 0 Å². The SMILES string of the molecule is CC(CNc1cc(=O)[nH]c(C2CC2)n1)C1CC1. The zero-order valence-electron chi connectivity index (χ0n) is 10.2. The average molecular weight is 233 g/mol. The Morgan fingerprint density at radius 3 is 2.88 bits per heavy atom. The minimum atomic E-state index is -0.0384. The van der Waals surface area contributed by atoms with Crippen molar-refractivity contribution in [3.8, 4) is 0 Å². The first kappa shape index (κ1) is 10.8. The van der Waals surface area contributed by atoms with Gasteiger partial charge in [0, 0.05) is 18.5 Å². The molecule has 2 aliphatic carbocycles. The number of nitrogens with one attached hydrogen (secondary N) is 2. The average Bonchev–Trinajstić information content (AvgIpc) is 3.19. The predicted molar refractivity (Wildman–Crippen MR) is 67.2 cm³/mol. The summed E-state index contributed by atoms with van der Waals surface area (Å²) in [5, 5.41) is 3.30. The number of aromatic nitrogens is 2. The lowest BCUT2D eigenvalue weighted by molar-refractivity contribution is 0.535. The molecule has 4 nitrogen and oxygen atoms in total. The molecule has 2 N–H and O–H groups in total. The molecule has 0 spiro atoms. The van der Waals surface area contributed by atoms with Gasteiger partial charge >= 0.3 is 0 Å². The van der Waals surface area contributed by atoms with E-state index in [1.165, 1.54) is 12.8 Å². The highest BCUT2D eigenvalue weighted by Crippen LogP contribution is 2.38. The molecule has 4 heteroatoms. The van der Waals surface area contributed by atoms with Crippen LogP contribution in [0, 0.1) is 11.8 Å². The maximum absolute atomic E-state index is 11.5. The molecule has 0 aliphatic heterocycles. The van der Waals surface area contributed by atoms with Crippen LogP contribution in [0.15, 0.2) is 10.9 Å². The third-order valence-corrected chi connectivity index (χ3v) is 3.76. The van der Waals surface area contributed by atoms with Gasteiger partial charge in [-0.15, -0.1) is 0 Å². The van der Waals surface area contributed by atoms with Gasteiger partial charge in [-0.2, -0.15) is 0 Å². The minimum Gasteiger partial charge on any atom is -0.370 e. The Bertz CT molecular complexity index is 460. The van der Waals surface area contributed by atoms with Crippen LogP contribution in [-0.4, -0.2) is 16.5 Å². The topological polar surface area (TPSA) is 57.8 Å². The molecule has 2 fully saturated rings. The van der Waals surface area contributed by atoms with E-state index in [9.17, 15) is 4.79 Å². The van der Waals surface area contributed by atoms with Crippen molar-refractivity contribution in [1.29, 1.82) is 0 Å². The molecular weight excluding hydrogens is 214 g/mol. The molecule has 1 atom stereocenters. The Kier molecular flexibility index (Phi) is 2.65. The summed E-state index contributed by atoms with van der Waals surface area (Å²) < 4.78 is 0. The number of rotatable bonds is 5. The standard InChI is InChI=1S/C13H19N3O/c1-8(9-2-3-9)7-14-11-6-12(17)16-13(15-11)10-4-5-10/h6,8-10H,2-5,7H2,1H3,(H2,14,15,16,17). The molecule has 1 aromatic rings. The molecule has 17 heavy (non-hydrogen) atoms. The Labute approximate surface area is 101 Å². The van der Waals surface area contributed by atoms with Crippen molar-refractivity contribution >= 4 is 5.82 Å². The molecule has 2 saturated carbocycles. The van der Waals surface area contributed by atoms with Gasteiger partial charge in [-0.1, -0.05) is 6.92 Å². The van der Waals surface area contributed by atoms with Gasteiger partial charge in [0.15, 0.2) is 0 Å². The summed E-state index contributed by atoms with van der Waals surface area (Å²) in [4.78, 5) is 18.8. The van der Waals surface area contributed by atoms with E-state index in [1.807, 2.05) is 0 Å². The number of hydrogen-bond donors (Lipinski definition) is 2. The zero-order valence-corrected chi connectivity index (χ0v) is 10.2. The number of aromatic amines is 1. The lowest BCUT2D eigenvalue weighted by Gasteiger charge is -2.12. The van der Waals surface area contributed by atoms with Crippen molar-refractivity contribution in [2.24, 2.45) is 11.8 Å². The van der Waals surface area contributed by atoms with Crippen LogP contribution in [0.4, 0.5) is 5.82 Å². The van der Waals surface area contributed by atoms with Crippen LogP contribution < -0.4 is 10.9 Å². The minimum absolute atomic E-state index is 0.0384. The third kappa shape index (κ3) is 2.68. The second-order valence-electron chi connectivity index (χ2n) is 5.49. The fourth-order valence-corrected chi connectivity index (χ4v) is 2.21. The molecule has 92 valence electrons. The van der Waals surface area contributed by atoms with E-state index in [0.717, 1.165) is 36.9 Å². The number of hydrogen-bond acceptors (Lipinski definition) is 3. The Morgan fingerprint density at radius 1 is 1.47 bits per heavy atom. The zero-order chi connectivity index (χ0) is 11.8. The maximum Gasteiger partial charge on any atom is 0.252 e. The smallest absolute Gasteiger partial charge is 0.252 e. The van der Waals surface area contributed by atoms with Crippen LogP contribution in [0.5, 0.6) is 0 Å². The summed E-state index contributed by atoms with van der Waals surface area (Å²) in [5.41, 5.74) is -0.0384. The van der Waals surface area contributed by atoms with Crippen molar-refractivity contribution < 1.29 is 0 Å². The molecule has 0 amide bonds. The summed E-state index contributed by atoms with van der Waals surface area (Å²) in [6.45, 7) is 3.19. The van der Waals surface area contributed by atoms with Crippen LogP contribution >= 0.6 is 0 Å². The predicted octanol–water partition coefficient (Wildman–Crippen LogP) is 2.11. The van der Waals surface area contributed by atoms with Gasteiger partial charge in [0.1, 0.15) is 11.6 Å². The highest BCUT2D eigenvalue weighted by atomic mass is 16.1. The summed E-state index contributed by atoms with van der Waals surface area (Å²) in [6, 6.07) is 1.56. The number of anilines is 1. The second kappa shape index (κ2) is 4.17. The third-order valence-electron chi connectivity index (χ3n) is 3.76. The summed E-state index contributed by atoms with van der Waals surface area (Å²) in [7, 11) is 0. The highest BCUT2D eigenvalue weighted by molar-refractivity contribution is 5.34. The second-order valence-corrected chi connectivity index (χ2v) is 5.49. The van der Waals surface area contributed by atoms with Gasteiger partial charge < -0.3 is 10.3 Å². The molecule has 1 unspecified atom stereocenters. The van der Waals surface area contributed by atoms with Crippen molar-refractivity contribution in [1.82, 2.24) is 9.97 Å². The number of H-pyrrole nitrogens is 1. The molecule has 1 aromatic heterocycles. The van der Waals surface area contributed by atoms with Gasteiger partial charge in [-0.25, -0.2) is 4.98 Å². The maximum atomic E-state index is 11.5. The van der Waals surface area contributed by atoms with Crippen LogP contribution in [0.2, 0.25) is 0 Å². The van der Waals surface area contributed by atoms with E-state index in [-0.39, 0.29) is 5.56 Å². The van der Waals surface area contributed by atoms with Gasteiger partial charge in [0.2, 0.25) is 0 Å². The van der Waals surface area contributed by atoms with Crippen molar-refractivity contribution in [3.05, 3.63) is 22.2 Å². The largest absolute Gasteiger partial charge is 0.370 e. The summed E-state index contributed by atoms with van der Waals surface area (Å²) in [5.74, 6) is 3.65. The Morgan fingerprint density at radius 2 is 2.24 bits per heavy atom. The van der Waals surface area contributed by atoms with Crippen molar-refractivity contribution in [2.75, 3.05) is 11.9 Å². The quantitative estimate of drug-likeness (QED) is 0.819. The van der Waals surface area contributed by atoms with Crippen LogP contribution in [-0.2, 0) is 0 Å². The van der Waals surface area contributed by atoms with Crippen LogP contribution in [0.1, 0.15) is 44.3 Å². The van der Waals surface area contributed by atoms with E-state index in [0.29, 0.717) is 11.8 Å². The summed E-state index contributed by atoms with van der Waals surface area (Å²) in [6.07, 6.45) is 5.04. The first-order valence-corrected chi connectivity index (χ1v) is 6.57. The van der Waals surface area contributed by atoms with E-state index in [4.69, 9.17) is 0 Å². The fraction of sp³-hybridized carbons (Fsp3) is 0.692. The molecule has 3 rings (SSSR count). The number of nitrogens with zero attached hydrogens (tertiary/aromatic N) is 1. The molecule has 0 bridgehead atoms. The monoisotopic (exact) mass is 233 g/mol. The van der Waals surface area contributed by atoms with Crippen molar-refractivity contribution in [3.63, 3.8) is 0 Å². The molecular formula is C13H19N3O. The van der Waals surface area contributed by atoms with E-state index in [2.05, 4.69) is 22.2 Å². The molecule has 0 aromatic carbocycles. The first-order chi connectivity index (χ1) is 8.22. The van der Waals surface area contributed by atoms with E-state index in [1.54, 1.807) is 6.07 Å². The first-order valence-electron chi connectivity index (χ1n) is 6.57. The van der Waals surface area contributed by atoms with Crippen LogP contribution in [0.25, 0.3) is 0 Å².